The van der Waals surface area contributed by atoms with Gasteiger partial charge in [-0.3, -0.25) is 0 Å². The van der Waals surface area contributed by atoms with Crippen LogP contribution in [0.2, 0.25) is 0 Å². The third-order valence-corrected chi connectivity index (χ3v) is 5.75. The van der Waals surface area contributed by atoms with Crippen LogP contribution >= 0.6 is 0 Å². The molecule has 5 aromatic rings. The van der Waals surface area contributed by atoms with Gasteiger partial charge in [0.25, 0.3) is 0 Å². The van der Waals surface area contributed by atoms with Crippen LogP contribution in [0.25, 0.3) is 22.3 Å². The molecule has 0 atom stereocenters. The summed E-state index contributed by atoms with van der Waals surface area (Å²) in [5.74, 6) is 0.935. The van der Waals surface area contributed by atoms with Crippen molar-refractivity contribution in [2.45, 2.75) is 6.42 Å². The molecule has 0 aromatic heterocycles. The molecule has 5 rings (SSSR count). The maximum absolute atomic E-state index is 13.0. The Morgan fingerprint density at radius 1 is 0.543 bits per heavy atom. The summed E-state index contributed by atoms with van der Waals surface area (Å²) < 4.78 is 11.5. The molecule has 0 aliphatic heterocycles. The molecule has 0 heterocycles. The minimum Gasteiger partial charge on any atom is -0.395 e. The molecular weight excluding hydrogens is 432 g/mol. The van der Waals surface area contributed by atoms with Gasteiger partial charge in [-0.15, -0.1) is 0 Å². The predicted molar refractivity (Wildman–Crippen MR) is 140 cm³/mol. The van der Waals surface area contributed by atoms with E-state index in [-0.39, 0.29) is 0 Å². The number of hydrogen-bond donors (Lipinski definition) is 0. The van der Waals surface area contributed by atoms with Crippen molar-refractivity contribution >= 4 is 6.16 Å². The zero-order valence-corrected chi connectivity index (χ0v) is 19.1. The van der Waals surface area contributed by atoms with Crippen LogP contribution in [0.1, 0.15) is 11.1 Å². The minimum atomic E-state index is -0.770. The molecule has 0 radical (unpaired) electrons. The Labute approximate surface area is 205 Å². The molecule has 3 heteroatoms. The van der Waals surface area contributed by atoms with Crippen LogP contribution in [0, 0.1) is 0 Å². The topological polar surface area (TPSA) is 35.5 Å². The number of benzene rings is 5. The lowest BCUT2D eigenvalue weighted by Crippen LogP contribution is -2.15. The number of ether oxygens (including phenoxy) is 2. The van der Waals surface area contributed by atoms with Gasteiger partial charge in [-0.05, 0) is 34.4 Å². The van der Waals surface area contributed by atoms with Gasteiger partial charge < -0.3 is 9.47 Å². The van der Waals surface area contributed by atoms with E-state index in [1.165, 1.54) is 0 Å². The Morgan fingerprint density at radius 2 is 1.14 bits per heavy atom. The predicted octanol–water partition coefficient (Wildman–Crippen LogP) is 8.19. The minimum absolute atomic E-state index is 0.429. The lowest BCUT2D eigenvalue weighted by atomic mass is 9.97. The third kappa shape index (κ3) is 5.48. The first-order valence-electron chi connectivity index (χ1n) is 11.5. The first kappa shape index (κ1) is 22.2. The van der Waals surface area contributed by atoms with Crippen molar-refractivity contribution in [3.63, 3.8) is 0 Å². The second kappa shape index (κ2) is 10.5. The molecule has 0 amide bonds. The number of rotatable bonds is 6. The molecule has 0 spiro atoms. The third-order valence-electron chi connectivity index (χ3n) is 5.75. The zero-order chi connectivity index (χ0) is 23.9. The second-order valence-corrected chi connectivity index (χ2v) is 8.17. The fourth-order valence-corrected chi connectivity index (χ4v) is 4.08. The van der Waals surface area contributed by atoms with Crippen LogP contribution < -0.4 is 9.47 Å². The fraction of sp³-hybridized carbons (Fsp3) is 0.0312. The summed E-state index contributed by atoms with van der Waals surface area (Å²) >= 11 is 0. The van der Waals surface area contributed by atoms with Gasteiger partial charge in [0.05, 0.1) is 0 Å². The maximum Gasteiger partial charge on any atom is 0.519 e. The standard InChI is InChI=1S/C32H24O3/c33-32(34-29-20-10-18-27(23-29)25-14-6-2-7-15-25)35-31-28(22-24-12-4-1-5-13-24)19-11-21-30(31)26-16-8-3-9-17-26/h1-21,23H,22H2. The maximum atomic E-state index is 13.0. The van der Waals surface area contributed by atoms with Crippen molar-refractivity contribution < 1.29 is 14.3 Å². The molecule has 0 saturated carbocycles. The van der Waals surface area contributed by atoms with Gasteiger partial charge in [-0.2, -0.15) is 0 Å². The lowest BCUT2D eigenvalue weighted by molar-refractivity contribution is 0.151. The molecular formula is C32H24O3. The highest BCUT2D eigenvalue weighted by Gasteiger charge is 2.17. The average Bonchev–Trinajstić information content (AvgIpc) is 2.91. The van der Waals surface area contributed by atoms with Crippen molar-refractivity contribution in [2.24, 2.45) is 0 Å². The summed E-state index contributed by atoms with van der Waals surface area (Å²) in [6, 6.07) is 43.4. The summed E-state index contributed by atoms with van der Waals surface area (Å²) in [4.78, 5) is 13.0. The molecule has 0 aliphatic rings. The fourth-order valence-electron chi connectivity index (χ4n) is 4.08. The normalized spacial score (nSPS) is 10.5. The van der Waals surface area contributed by atoms with E-state index in [2.05, 4.69) is 12.1 Å². The van der Waals surface area contributed by atoms with Gasteiger partial charge in [-0.25, -0.2) is 4.79 Å². The second-order valence-electron chi connectivity index (χ2n) is 8.17. The molecule has 0 bridgehead atoms. The van der Waals surface area contributed by atoms with E-state index in [1.807, 2.05) is 115 Å². The molecule has 35 heavy (non-hydrogen) atoms. The zero-order valence-electron chi connectivity index (χ0n) is 19.1. The number of hydrogen-bond acceptors (Lipinski definition) is 3. The Kier molecular flexibility index (Phi) is 6.67. The molecule has 0 fully saturated rings. The molecule has 170 valence electrons. The van der Waals surface area contributed by atoms with E-state index in [0.29, 0.717) is 17.9 Å². The van der Waals surface area contributed by atoms with E-state index in [0.717, 1.165) is 33.4 Å². The van der Waals surface area contributed by atoms with Gasteiger partial charge in [0.2, 0.25) is 0 Å². The van der Waals surface area contributed by atoms with Crippen molar-refractivity contribution in [1.82, 2.24) is 0 Å². The average molecular weight is 457 g/mol. The van der Waals surface area contributed by atoms with Gasteiger partial charge in [-0.1, -0.05) is 121 Å². The van der Waals surface area contributed by atoms with Gasteiger partial charge >= 0.3 is 6.16 Å². The van der Waals surface area contributed by atoms with Crippen LogP contribution in [0.5, 0.6) is 11.5 Å². The largest absolute Gasteiger partial charge is 0.519 e. The van der Waals surface area contributed by atoms with Crippen LogP contribution in [-0.4, -0.2) is 6.16 Å². The number of para-hydroxylation sites is 1. The highest BCUT2D eigenvalue weighted by atomic mass is 16.7. The monoisotopic (exact) mass is 456 g/mol. The Balaban J connectivity index is 1.44. The first-order valence-corrected chi connectivity index (χ1v) is 11.5. The molecule has 0 N–H and O–H groups in total. The van der Waals surface area contributed by atoms with Crippen molar-refractivity contribution in [1.29, 1.82) is 0 Å². The van der Waals surface area contributed by atoms with E-state index in [4.69, 9.17) is 9.47 Å². The van der Waals surface area contributed by atoms with E-state index >= 15 is 0 Å². The summed E-state index contributed by atoms with van der Waals surface area (Å²) in [7, 11) is 0. The van der Waals surface area contributed by atoms with Crippen molar-refractivity contribution in [3.8, 4) is 33.8 Å². The Morgan fingerprint density at radius 3 is 1.86 bits per heavy atom. The molecule has 0 aliphatic carbocycles. The smallest absolute Gasteiger partial charge is 0.395 e. The van der Waals surface area contributed by atoms with Crippen molar-refractivity contribution in [3.05, 3.63) is 145 Å². The van der Waals surface area contributed by atoms with Gasteiger partial charge in [0.1, 0.15) is 11.5 Å². The van der Waals surface area contributed by atoms with Crippen LogP contribution in [0.15, 0.2) is 133 Å². The number of carbonyl (C=O) groups is 1. The SMILES string of the molecule is O=C(Oc1cccc(-c2ccccc2)c1)Oc1c(Cc2ccccc2)cccc1-c1ccccc1. The quantitative estimate of drug-likeness (QED) is 0.191. The molecule has 0 unspecified atom stereocenters. The highest BCUT2D eigenvalue weighted by molar-refractivity contribution is 5.78. The summed E-state index contributed by atoms with van der Waals surface area (Å²) in [5.41, 5.74) is 5.86. The molecule has 5 aromatic carbocycles. The Bertz CT molecular complexity index is 1410. The van der Waals surface area contributed by atoms with Gasteiger partial charge in [0.15, 0.2) is 0 Å². The van der Waals surface area contributed by atoms with E-state index in [1.54, 1.807) is 6.07 Å². The van der Waals surface area contributed by atoms with Crippen LogP contribution in [0.3, 0.4) is 0 Å². The first-order chi connectivity index (χ1) is 17.3. The van der Waals surface area contributed by atoms with Gasteiger partial charge in [0, 0.05) is 17.5 Å². The lowest BCUT2D eigenvalue weighted by Gasteiger charge is -2.15. The highest BCUT2D eigenvalue weighted by Crippen LogP contribution is 2.35. The van der Waals surface area contributed by atoms with E-state index in [9.17, 15) is 4.79 Å². The molecule has 0 saturated heterocycles. The van der Waals surface area contributed by atoms with E-state index < -0.39 is 6.16 Å². The summed E-state index contributed by atoms with van der Waals surface area (Å²) in [5, 5.41) is 0. The summed E-state index contributed by atoms with van der Waals surface area (Å²) in [6.07, 6.45) is -0.138. The number of carbonyl (C=O) groups excluding carboxylic acids is 1. The molecule has 3 nitrogen and oxygen atoms in total. The summed E-state index contributed by atoms with van der Waals surface area (Å²) in [6.45, 7) is 0. The Hall–Kier alpha value is -4.63. The van der Waals surface area contributed by atoms with Crippen LogP contribution in [0.4, 0.5) is 4.79 Å². The van der Waals surface area contributed by atoms with Crippen molar-refractivity contribution in [2.75, 3.05) is 0 Å². The van der Waals surface area contributed by atoms with Crippen LogP contribution in [-0.2, 0) is 6.42 Å².